The molecule has 2 aromatic carbocycles. The molecule has 1 aliphatic rings. The molecule has 1 amide bonds. The van der Waals surface area contributed by atoms with Crippen molar-refractivity contribution in [1.82, 2.24) is 10.0 Å². The van der Waals surface area contributed by atoms with Crippen molar-refractivity contribution in [2.75, 3.05) is 6.54 Å². The Bertz CT molecular complexity index is 816. The van der Waals surface area contributed by atoms with Gasteiger partial charge in [0.15, 0.2) is 0 Å². The molecule has 0 aliphatic carbocycles. The van der Waals surface area contributed by atoms with Crippen LogP contribution in [0, 0.1) is 0 Å². The number of carbonyl (C=O) groups excluding carboxylic acids is 1. The predicted octanol–water partition coefficient (Wildman–Crippen LogP) is 1.66. The van der Waals surface area contributed by atoms with Crippen LogP contribution < -0.4 is 10.0 Å². The Balaban J connectivity index is 1.91. The van der Waals surface area contributed by atoms with Crippen molar-refractivity contribution in [3.63, 3.8) is 0 Å². The van der Waals surface area contributed by atoms with E-state index < -0.39 is 22.0 Å². The second-order valence-corrected chi connectivity index (χ2v) is 7.04. The van der Waals surface area contributed by atoms with E-state index >= 15 is 0 Å². The Hall–Kier alpha value is -1.63. The summed E-state index contributed by atoms with van der Waals surface area (Å²) in [5, 5.41) is 5.04. The molecule has 0 radical (unpaired) electrons. The number of sulfonamides is 1. The van der Waals surface area contributed by atoms with Gasteiger partial charge in [0, 0.05) is 5.02 Å². The van der Waals surface area contributed by atoms with Gasteiger partial charge >= 0.3 is 0 Å². The van der Waals surface area contributed by atoms with Crippen LogP contribution in [0.25, 0.3) is 10.8 Å². The largest absolute Gasteiger partial charge is 0.306 e. The molecular formula is C14H13ClN2O3S. The van der Waals surface area contributed by atoms with Crippen molar-refractivity contribution in [1.29, 1.82) is 0 Å². The Kier molecular flexibility index (Phi) is 3.61. The van der Waals surface area contributed by atoms with Gasteiger partial charge in [0.2, 0.25) is 0 Å². The standard InChI is InChI=1S/C14H13ClN2O3S/c15-11-3-1-10-8-12(4-2-9(10)7-11)21(19,20)17-14(18)13-5-6-16-13/h1-4,7-8,13,16H,5-6H2,(H,17,18). The first kappa shape index (κ1) is 14.3. The Labute approximate surface area is 127 Å². The van der Waals surface area contributed by atoms with Crippen LogP contribution in [0.1, 0.15) is 6.42 Å². The lowest BCUT2D eigenvalue weighted by Gasteiger charge is -2.26. The van der Waals surface area contributed by atoms with Gasteiger partial charge in [0.1, 0.15) is 0 Å². The number of hydrogen-bond donors (Lipinski definition) is 2. The monoisotopic (exact) mass is 324 g/mol. The summed E-state index contributed by atoms with van der Waals surface area (Å²) in [4.78, 5) is 11.8. The van der Waals surface area contributed by atoms with Crippen molar-refractivity contribution in [2.45, 2.75) is 17.4 Å². The number of rotatable bonds is 3. The molecule has 110 valence electrons. The highest BCUT2D eigenvalue weighted by Crippen LogP contribution is 2.22. The van der Waals surface area contributed by atoms with E-state index in [4.69, 9.17) is 11.6 Å². The van der Waals surface area contributed by atoms with E-state index in [9.17, 15) is 13.2 Å². The fourth-order valence-corrected chi connectivity index (χ4v) is 3.37. The summed E-state index contributed by atoms with van der Waals surface area (Å²) in [7, 11) is -3.85. The lowest BCUT2D eigenvalue weighted by Crippen LogP contribution is -2.54. The molecule has 21 heavy (non-hydrogen) atoms. The number of halogens is 1. The summed E-state index contributed by atoms with van der Waals surface area (Å²) in [5.41, 5.74) is 0. The Morgan fingerprint density at radius 1 is 1.19 bits per heavy atom. The van der Waals surface area contributed by atoms with Crippen molar-refractivity contribution in [3.05, 3.63) is 41.4 Å². The Morgan fingerprint density at radius 3 is 2.52 bits per heavy atom. The number of hydrogen-bond acceptors (Lipinski definition) is 4. The van der Waals surface area contributed by atoms with Gasteiger partial charge in [0.05, 0.1) is 10.9 Å². The highest BCUT2D eigenvalue weighted by atomic mass is 35.5. The van der Waals surface area contributed by atoms with E-state index in [0.29, 0.717) is 11.4 Å². The van der Waals surface area contributed by atoms with Crippen molar-refractivity contribution >= 4 is 38.3 Å². The van der Waals surface area contributed by atoms with Crippen LogP contribution in [0.4, 0.5) is 0 Å². The average molecular weight is 325 g/mol. The molecule has 0 aromatic heterocycles. The van der Waals surface area contributed by atoms with Crippen LogP contribution in [0.15, 0.2) is 41.3 Å². The number of nitrogens with one attached hydrogen (secondary N) is 2. The van der Waals surface area contributed by atoms with Crippen molar-refractivity contribution < 1.29 is 13.2 Å². The summed E-state index contributed by atoms with van der Waals surface area (Å²) < 4.78 is 26.5. The molecule has 2 aromatic rings. The molecule has 1 fully saturated rings. The highest BCUT2D eigenvalue weighted by Gasteiger charge is 2.28. The molecule has 7 heteroatoms. The molecule has 1 aliphatic heterocycles. The van der Waals surface area contributed by atoms with Gasteiger partial charge in [-0.15, -0.1) is 0 Å². The minimum Gasteiger partial charge on any atom is -0.306 e. The van der Waals surface area contributed by atoms with Crippen molar-refractivity contribution in [2.24, 2.45) is 0 Å². The second-order valence-electron chi connectivity index (χ2n) is 4.92. The van der Waals surface area contributed by atoms with Crippen LogP contribution in [0.3, 0.4) is 0 Å². The molecule has 0 spiro atoms. The number of fused-ring (bicyclic) bond motifs is 1. The fourth-order valence-electron chi connectivity index (χ4n) is 2.14. The van der Waals surface area contributed by atoms with Crippen LogP contribution in [-0.2, 0) is 14.8 Å². The topological polar surface area (TPSA) is 75.3 Å². The summed E-state index contributed by atoms with van der Waals surface area (Å²) in [6, 6.07) is 9.42. The third-order valence-corrected chi connectivity index (χ3v) is 5.04. The van der Waals surface area contributed by atoms with E-state index in [-0.39, 0.29) is 4.90 Å². The minimum absolute atomic E-state index is 0.0602. The van der Waals surface area contributed by atoms with Gasteiger partial charge in [-0.3, -0.25) is 4.79 Å². The maximum atomic E-state index is 12.2. The first-order valence-corrected chi connectivity index (χ1v) is 8.31. The van der Waals surface area contributed by atoms with E-state index in [2.05, 4.69) is 10.0 Å². The molecule has 0 saturated carbocycles. The first-order chi connectivity index (χ1) is 9.95. The summed E-state index contributed by atoms with van der Waals surface area (Å²) in [6.45, 7) is 0.731. The molecular weight excluding hydrogens is 312 g/mol. The van der Waals surface area contributed by atoms with Gasteiger partial charge in [-0.1, -0.05) is 23.7 Å². The third-order valence-electron chi connectivity index (χ3n) is 3.46. The van der Waals surface area contributed by atoms with E-state index in [1.165, 1.54) is 12.1 Å². The van der Waals surface area contributed by atoms with Crippen LogP contribution in [-0.4, -0.2) is 26.9 Å². The SMILES string of the molecule is O=C(NS(=O)(=O)c1ccc2cc(Cl)ccc2c1)C1CCN1. The Morgan fingerprint density at radius 2 is 1.86 bits per heavy atom. The smallest absolute Gasteiger partial charge is 0.264 e. The van der Waals surface area contributed by atoms with Crippen LogP contribution in [0.2, 0.25) is 5.02 Å². The molecule has 1 heterocycles. The number of benzene rings is 2. The zero-order valence-electron chi connectivity index (χ0n) is 11.0. The second kappa shape index (κ2) is 5.29. The number of amides is 1. The summed E-state index contributed by atoms with van der Waals surface area (Å²) in [6.07, 6.45) is 0.650. The highest BCUT2D eigenvalue weighted by molar-refractivity contribution is 7.90. The zero-order chi connectivity index (χ0) is 15.0. The van der Waals surface area contributed by atoms with Crippen molar-refractivity contribution in [3.8, 4) is 0 Å². The van der Waals surface area contributed by atoms with Gasteiger partial charge in [-0.05, 0) is 48.0 Å². The molecule has 1 atom stereocenters. The molecule has 1 saturated heterocycles. The van der Waals surface area contributed by atoms with Gasteiger partial charge < -0.3 is 5.32 Å². The van der Waals surface area contributed by atoms with E-state index in [1.54, 1.807) is 24.3 Å². The normalized spacial score (nSPS) is 18.2. The lowest BCUT2D eigenvalue weighted by molar-refractivity contribution is -0.122. The lowest BCUT2D eigenvalue weighted by atomic mass is 10.1. The summed E-state index contributed by atoms with van der Waals surface area (Å²) in [5.74, 6) is -0.516. The fraction of sp³-hybridized carbons (Fsp3) is 0.214. The molecule has 3 rings (SSSR count). The molecule has 5 nitrogen and oxygen atoms in total. The van der Waals surface area contributed by atoms with E-state index in [1.807, 2.05) is 0 Å². The van der Waals surface area contributed by atoms with Gasteiger partial charge in [-0.25, -0.2) is 13.1 Å². The van der Waals surface area contributed by atoms with Crippen LogP contribution in [0.5, 0.6) is 0 Å². The predicted molar refractivity (Wildman–Crippen MR) is 80.7 cm³/mol. The third kappa shape index (κ3) is 2.88. The van der Waals surface area contributed by atoms with Crippen LogP contribution >= 0.6 is 11.6 Å². The average Bonchev–Trinajstić information content (AvgIpc) is 2.35. The first-order valence-electron chi connectivity index (χ1n) is 6.45. The number of carbonyl (C=O) groups is 1. The van der Waals surface area contributed by atoms with E-state index in [0.717, 1.165) is 17.3 Å². The molecule has 1 unspecified atom stereocenters. The maximum absolute atomic E-state index is 12.2. The van der Waals surface area contributed by atoms with Gasteiger partial charge in [-0.2, -0.15) is 0 Å². The minimum atomic E-state index is -3.85. The molecule has 2 N–H and O–H groups in total. The quantitative estimate of drug-likeness (QED) is 0.900. The zero-order valence-corrected chi connectivity index (χ0v) is 12.5. The summed E-state index contributed by atoms with van der Waals surface area (Å²) >= 11 is 5.89. The molecule has 0 bridgehead atoms. The van der Waals surface area contributed by atoms with Gasteiger partial charge in [0.25, 0.3) is 15.9 Å². The maximum Gasteiger partial charge on any atom is 0.264 e.